The molecule has 0 spiro atoms. The van der Waals surface area contributed by atoms with Crippen LogP contribution in [0.25, 0.3) is 0 Å². The minimum atomic E-state index is 1.06. The lowest BCUT2D eigenvalue weighted by molar-refractivity contribution is 0.796. The topological polar surface area (TPSA) is 28.2 Å². The number of anilines is 2. The third kappa shape index (κ3) is 1.54. The van der Waals surface area contributed by atoms with Crippen molar-refractivity contribution in [3.05, 3.63) is 17.3 Å². The molecule has 1 N–H and O–H groups in total. The molecule has 2 rings (SSSR count). The smallest absolute Gasteiger partial charge is 0.128 e. The van der Waals surface area contributed by atoms with Crippen LogP contribution in [-0.2, 0) is 6.42 Å². The van der Waals surface area contributed by atoms with E-state index in [1.807, 2.05) is 14.1 Å². The van der Waals surface area contributed by atoms with Gasteiger partial charge in [0.05, 0.1) is 11.4 Å². The van der Waals surface area contributed by atoms with Crippen molar-refractivity contribution in [2.45, 2.75) is 19.8 Å². The lowest BCUT2D eigenvalue weighted by Gasteiger charge is -2.22. The number of nitrogens with one attached hydrogen (secondary N) is 1. The number of pyridine rings is 1. The van der Waals surface area contributed by atoms with Crippen molar-refractivity contribution in [3.8, 4) is 0 Å². The molecule has 0 radical (unpaired) electrons. The SMILES string of the molecule is Cc1cc(N(C)C)nc2c1NCCC2. The first kappa shape index (κ1) is 9.31. The summed E-state index contributed by atoms with van der Waals surface area (Å²) in [6.07, 6.45) is 2.29. The summed E-state index contributed by atoms with van der Waals surface area (Å²) in [7, 11) is 4.06. The van der Waals surface area contributed by atoms with Crippen molar-refractivity contribution >= 4 is 11.5 Å². The molecule has 1 aliphatic rings. The van der Waals surface area contributed by atoms with E-state index in [0.29, 0.717) is 0 Å². The van der Waals surface area contributed by atoms with E-state index in [-0.39, 0.29) is 0 Å². The summed E-state index contributed by atoms with van der Waals surface area (Å²) >= 11 is 0. The molecule has 0 saturated carbocycles. The number of hydrogen-bond donors (Lipinski definition) is 1. The van der Waals surface area contributed by atoms with Crippen molar-refractivity contribution in [2.24, 2.45) is 0 Å². The van der Waals surface area contributed by atoms with E-state index in [9.17, 15) is 0 Å². The second kappa shape index (κ2) is 3.48. The molecular weight excluding hydrogens is 174 g/mol. The number of rotatable bonds is 1. The number of hydrogen-bond acceptors (Lipinski definition) is 3. The van der Waals surface area contributed by atoms with Gasteiger partial charge < -0.3 is 10.2 Å². The highest BCUT2D eigenvalue weighted by Crippen LogP contribution is 2.26. The van der Waals surface area contributed by atoms with Gasteiger partial charge in [-0.1, -0.05) is 0 Å². The first-order chi connectivity index (χ1) is 6.68. The fraction of sp³-hybridized carbons (Fsp3) is 0.545. The Bertz CT molecular complexity index is 345. The van der Waals surface area contributed by atoms with Crippen LogP contribution in [0.4, 0.5) is 11.5 Å². The standard InChI is InChI=1S/C11H17N3/c1-8-7-10(14(2)3)13-9-5-4-6-12-11(8)9/h7,12H,4-6H2,1-3H3. The van der Waals surface area contributed by atoms with Gasteiger partial charge in [0.15, 0.2) is 0 Å². The maximum Gasteiger partial charge on any atom is 0.128 e. The molecule has 1 aromatic rings. The largest absolute Gasteiger partial charge is 0.383 e. The molecule has 14 heavy (non-hydrogen) atoms. The van der Waals surface area contributed by atoms with Gasteiger partial charge in [0.2, 0.25) is 0 Å². The van der Waals surface area contributed by atoms with Gasteiger partial charge in [-0.15, -0.1) is 0 Å². The first-order valence-corrected chi connectivity index (χ1v) is 5.10. The number of aryl methyl sites for hydroxylation is 2. The summed E-state index contributed by atoms with van der Waals surface area (Å²) in [4.78, 5) is 6.69. The summed E-state index contributed by atoms with van der Waals surface area (Å²) in [5.74, 6) is 1.06. The van der Waals surface area contributed by atoms with Crippen LogP contribution < -0.4 is 10.2 Å². The van der Waals surface area contributed by atoms with Gasteiger partial charge >= 0.3 is 0 Å². The predicted molar refractivity (Wildman–Crippen MR) is 60.1 cm³/mol. The molecule has 0 aromatic carbocycles. The summed E-state index contributed by atoms with van der Waals surface area (Å²) in [6.45, 7) is 3.22. The van der Waals surface area contributed by atoms with Crippen molar-refractivity contribution in [1.82, 2.24) is 4.98 Å². The van der Waals surface area contributed by atoms with Crippen molar-refractivity contribution in [1.29, 1.82) is 0 Å². The zero-order chi connectivity index (χ0) is 10.1. The predicted octanol–water partition coefficient (Wildman–Crippen LogP) is 1.81. The Morgan fingerprint density at radius 2 is 2.21 bits per heavy atom. The molecule has 3 heteroatoms. The van der Waals surface area contributed by atoms with E-state index < -0.39 is 0 Å². The number of fused-ring (bicyclic) bond motifs is 1. The Morgan fingerprint density at radius 3 is 2.93 bits per heavy atom. The van der Waals surface area contributed by atoms with Crippen molar-refractivity contribution in [2.75, 3.05) is 30.9 Å². The van der Waals surface area contributed by atoms with Gasteiger partial charge in [0.1, 0.15) is 5.82 Å². The zero-order valence-corrected chi connectivity index (χ0v) is 9.09. The third-order valence-electron chi connectivity index (χ3n) is 2.63. The monoisotopic (exact) mass is 191 g/mol. The van der Waals surface area contributed by atoms with Crippen LogP contribution in [0.15, 0.2) is 6.07 Å². The number of aromatic nitrogens is 1. The van der Waals surface area contributed by atoms with Crippen LogP contribution in [0.5, 0.6) is 0 Å². The maximum absolute atomic E-state index is 4.64. The first-order valence-electron chi connectivity index (χ1n) is 5.10. The Morgan fingerprint density at radius 1 is 1.43 bits per heavy atom. The molecule has 1 aromatic heterocycles. The Hall–Kier alpha value is -1.25. The van der Waals surface area contributed by atoms with Crippen molar-refractivity contribution < 1.29 is 0 Å². The molecule has 0 amide bonds. The third-order valence-corrected chi connectivity index (χ3v) is 2.63. The zero-order valence-electron chi connectivity index (χ0n) is 9.09. The molecule has 0 saturated heterocycles. The molecule has 0 atom stereocenters. The Labute approximate surface area is 85.1 Å². The minimum Gasteiger partial charge on any atom is -0.383 e. The van der Waals surface area contributed by atoms with Crippen LogP contribution >= 0.6 is 0 Å². The fourth-order valence-corrected chi connectivity index (χ4v) is 1.84. The maximum atomic E-state index is 4.64. The van der Waals surface area contributed by atoms with Crippen LogP contribution in [0.3, 0.4) is 0 Å². The van der Waals surface area contributed by atoms with Gasteiger partial charge in [-0.05, 0) is 31.4 Å². The second-order valence-electron chi connectivity index (χ2n) is 4.04. The van der Waals surface area contributed by atoms with Crippen LogP contribution in [-0.4, -0.2) is 25.6 Å². The normalized spacial score (nSPS) is 14.5. The lowest BCUT2D eigenvalue weighted by atomic mass is 10.1. The average molecular weight is 191 g/mol. The van der Waals surface area contributed by atoms with Gasteiger partial charge in [-0.25, -0.2) is 4.98 Å². The number of nitrogens with zero attached hydrogens (tertiary/aromatic N) is 2. The highest BCUT2D eigenvalue weighted by molar-refractivity contribution is 5.60. The van der Waals surface area contributed by atoms with E-state index in [2.05, 4.69) is 28.2 Å². The highest BCUT2D eigenvalue weighted by Gasteiger charge is 2.13. The minimum absolute atomic E-state index is 1.06. The molecule has 1 aliphatic heterocycles. The molecule has 0 fully saturated rings. The van der Waals surface area contributed by atoms with Gasteiger partial charge in [-0.2, -0.15) is 0 Å². The molecule has 0 aliphatic carbocycles. The van der Waals surface area contributed by atoms with Crippen molar-refractivity contribution in [3.63, 3.8) is 0 Å². The molecule has 0 unspecified atom stereocenters. The highest BCUT2D eigenvalue weighted by atomic mass is 15.1. The van der Waals surface area contributed by atoms with Crippen LogP contribution in [0.2, 0.25) is 0 Å². The van der Waals surface area contributed by atoms with Gasteiger partial charge in [-0.3, -0.25) is 0 Å². The Kier molecular flexibility index (Phi) is 2.32. The second-order valence-corrected chi connectivity index (χ2v) is 4.04. The van der Waals surface area contributed by atoms with E-state index in [1.165, 1.54) is 23.4 Å². The van der Waals surface area contributed by atoms with Crippen LogP contribution in [0.1, 0.15) is 17.7 Å². The molecule has 0 bridgehead atoms. The molecular formula is C11H17N3. The molecule has 76 valence electrons. The van der Waals surface area contributed by atoms with E-state index in [1.54, 1.807) is 0 Å². The summed E-state index contributed by atoms with van der Waals surface area (Å²) in [5.41, 5.74) is 3.78. The summed E-state index contributed by atoms with van der Waals surface area (Å²) in [6, 6.07) is 2.14. The van der Waals surface area contributed by atoms with E-state index in [4.69, 9.17) is 0 Å². The van der Waals surface area contributed by atoms with Gasteiger partial charge in [0, 0.05) is 20.6 Å². The fourth-order valence-electron chi connectivity index (χ4n) is 1.84. The van der Waals surface area contributed by atoms with Crippen LogP contribution in [0, 0.1) is 6.92 Å². The average Bonchev–Trinajstić information content (AvgIpc) is 2.17. The Balaban J connectivity index is 2.46. The molecule has 3 nitrogen and oxygen atoms in total. The van der Waals surface area contributed by atoms with E-state index >= 15 is 0 Å². The summed E-state index contributed by atoms with van der Waals surface area (Å²) < 4.78 is 0. The molecule has 2 heterocycles. The lowest BCUT2D eigenvalue weighted by Crippen LogP contribution is -2.18. The quantitative estimate of drug-likeness (QED) is 0.734. The summed E-state index contributed by atoms with van der Waals surface area (Å²) in [5, 5.41) is 3.42. The van der Waals surface area contributed by atoms with E-state index in [0.717, 1.165) is 18.8 Å². The van der Waals surface area contributed by atoms with Gasteiger partial charge in [0.25, 0.3) is 0 Å².